The monoisotopic (exact) mass is 207 g/mol. The van der Waals surface area contributed by atoms with Gasteiger partial charge in [0.1, 0.15) is 0 Å². The minimum absolute atomic E-state index is 0.468. The van der Waals surface area contributed by atoms with Crippen LogP contribution >= 0.6 is 0 Å². The summed E-state index contributed by atoms with van der Waals surface area (Å²) < 4.78 is 1.88. The molecule has 0 fully saturated rings. The van der Waals surface area contributed by atoms with Gasteiger partial charge in [-0.25, -0.2) is 0 Å². The largest absolute Gasteiger partial charge is 0.370 e. The highest BCUT2D eigenvalue weighted by atomic mass is 15.3. The maximum atomic E-state index is 5.59. The number of aryl methyl sites for hydroxylation is 1. The lowest BCUT2D eigenvalue weighted by molar-refractivity contribution is 0.585. The van der Waals surface area contributed by atoms with Gasteiger partial charge in [-0.05, 0) is 12.5 Å². The number of hydrogen-bond acceptors (Lipinski definition) is 2. The molecule has 0 aliphatic heterocycles. The number of nitrogens with one attached hydrogen (secondary N) is 1. The van der Waals surface area contributed by atoms with Crippen molar-refractivity contribution in [3.05, 3.63) is 31.1 Å². The lowest BCUT2D eigenvalue weighted by atomic mass is 10.4. The van der Waals surface area contributed by atoms with E-state index in [2.05, 4.69) is 22.0 Å². The van der Waals surface area contributed by atoms with Gasteiger partial charge in [0, 0.05) is 32.0 Å². The second kappa shape index (κ2) is 6.64. The SMILES string of the molecule is C=CCNC(N)=NCCCn1cccn1. The Morgan fingerprint density at radius 2 is 2.53 bits per heavy atom. The van der Waals surface area contributed by atoms with Crippen molar-refractivity contribution in [2.45, 2.75) is 13.0 Å². The van der Waals surface area contributed by atoms with Gasteiger partial charge in [-0.1, -0.05) is 6.08 Å². The number of nitrogens with zero attached hydrogens (tertiary/aromatic N) is 3. The van der Waals surface area contributed by atoms with Crippen LogP contribution in [0.15, 0.2) is 36.1 Å². The van der Waals surface area contributed by atoms with E-state index in [0.717, 1.165) is 13.0 Å². The molecule has 1 heterocycles. The Bertz CT molecular complexity index is 302. The van der Waals surface area contributed by atoms with Crippen LogP contribution in [0.5, 0.6) is 0 Å². The first-order chi connectivity index (χ1) is 7.33. The van der Waals surface area contributed by atoms with Crippen LogP contribution in [0.3, 0.4) is 0 Å². The quantitative estimate of drug-likeness (QED) is 0.306. The van der Waals surface area contributed by atoms with Gasteiger partial charge in [-0.15, -0.1) is 6.58 Å². The van der Waals surface area contributed by atoms with Crippen LogP contribution in [0.25, 0.3) is 0 Å². The summed E-state index contributed by atoms with van der Waals surface area (Å²) >= 11 is 0. The highest BCUT2D eigenvalue weighted by Crippen LogP contribution is 1.89. The first-order valence-electron chi connectivity index (χ1n) is 4.95. The van der Waals surface area contributed by atoms with Crippen molar-refractivity contribution in [1.82, 2.24) is 15.1 Å². The smallest absolute Gasteiger partial charge is 0.188 e. The first kappa shape index (κ1) is 11.3. The molecule has 0 amide bonds. The third-order valence-corrected chi connectivity index (χ3v) is 1.81. The number of aromatic nitrogens is 2. The Kier molecular flexibility index (Phi) is 5.00. The average Bonchev–Trinajstić information content (AvgIpc) is 2.74. The van der Waals surface area contributed by atoms with E-state index in [4.69, 9.17) is 5.73 Å². The van der Waals surface area contributed by atoms with Gasteiger partial charge >= 0.3 is 0 Å². The van der Waals surface area contributed by atoms with Crippen molar-refractivity contribution < 1.29 is 0 Å². The lowest BCUT2D eigenvalue weighted by Crippen LogP contribution is -2.31. The van der Waals surface area contributed by atoms with Gasteiger partial charge < -0.3 is 11.1 Å². The van der Waals surface area contributed by atoms with Gasteiger partial charge in [-0.2, -0.15) is 5.10 Å². The Morgan fingerprint density at radius 1 is 1.67 bits per heavy atom. The number of hydrogen-bond donors (Lipinski definition) is 2. The predicted molar refractivity (Wildman–Crippen MR) is 61.5 cm³/mol. The molecule has 0 bridgehead atoms. The third-order valence-electron chi connectivity index (χ3n) is 1.81. The van der Waals surface area contributed by atoms with E-state index >= 15 is 0 Å². The Hall–Kier alpha value is -1.78. The number of aliphatic imine (C=N–C) groups is 1. The fraction of sp³-hybridized carbons (Fsp3) is 0.400. The van der Waals surface area contributed by atoms with Gasteiger partial charge in [0.25, 0.3) is 0 Å². The van der Waals surface area contributed by atoms with Crippen LogP contribution < -0.4 is 11.1 Å². The van der Waals surface area contributed by atoms with Crippen molar-refractivity contribution >= 4 is 5.96 Å². The molecular formula is C10H17N5. The molecule has 0 aliphatic carbocycles. The van der Waals surface area contributed by atoms with Crippen molar-refractivity contribution in [2.24, 2.45) is 10.7 Å². The summed E-state index contributed by atoms with van der Waals surface area (Å²) in [6, 6.07) is 1.91. The molecule has 0 unspecified atom stereocenters. The first-order valence-corrected chi connectivity index (χ1v) is 4.95. The van der Waals surface area contributed by atoms with Gasteiger partial charge in [-0.3, -0.25) is 9.67 Å². The number of rotatable bonds is 6. The highest BCUT2D eigenvalue weighted by molar-refractivity contribution is 5.77. The second-order valence-electron chi connectivity index (χ2n) is 3.06. The third kappa shape index (κ3) is 4.85. The summed E-state index contributed by atoms with van der Waals surface area (Å²) in [4.78, 5) is 4.16. The highest BCUT2D eigenvalue weighted by Gasteiger charge is 1.91. The van der Waals surface area contributed by atoms with Crippen molar-refractivity contribution in [2.75, 3.05) is 13.1 Å². The number of nitrogens with two attached hydrogens (primary N) is 1. The summed E-state index contributed by atoms with van der Waals surface area (Å²) in [5.74, 6) is 0.468. The van der Waals surface area contributed by atoms with E-state index < -0.39 is 0 Å². The minimum Gasteiger partial charge on any atom is -0.370 e. The maximum Gasteiger partial charge on any atom is 0.188 e. The molecule has 0 atom stereocenters. The molecule has 0 saturated carbocycles. The summed E-state index contributed by atoms with van der Waals surface area (Å²) in [6.45, 7) is 5.80. The van der Waals surface area contributed by atoms with E-state index in [1.54, 1.807) is 12.3 Å². The lowest BCUT2D eigenvalue weighted by Gasteiger charge is -2.02. The molecule has 15 heavy (non-hydrogen) atoms. The van der Waals surface area contributed by atoms with Crippen LogP contribution in [0.1, 0.15) is 6.42 Å². The fourth-order valence-electron chi connectivity index (χ4n) is 1.10. The van der Waals surface area contributed by atoms with Crippen molar-refractivity contribution in [3.63, 3.8) is 0 Å². The topological polar surface area (TPSA) is 68.2 Å². The van der Waals surface area contributed by atoms with Crippen LogP contribution in [0.4, 0.5) is 0 Å². The van der Waals surface area contributed by atoms with Gasteiger partial charge in [0.05, 0.1) is 0 Å². The molecule has 0 aliphatic rings. The molecule has 1 aromatic heterocycles. The van der Waals surface area contributed by atoms with E-state index in [1.807, 2.05) is 16.9 Å². The average molecular weight is 207 g/mol. The summed E-state index contributed by atoms with van der Waals surface area (Å²) in [7, 11) is 0. The summed E-state index contributed by atoms with van der Waals surface area (Å²) in [5, 5.41) is 7.00. The Morgan fingerprint density at radius 3 is 3.20 bits per heavy atom. The summed E-state index contributed by atoms with van der Waals surface area (Å²) in [6.07, 6.45) is 6.37. The van der Waals surface area contributed by atoms with E-state index in [0.29, 0.717) is 19.0 Å². The minimum atomic E-state index is 0.468. The molecule has 5 nitrogen and oxygen atoms in total. The molecular weight excluding hydrogens is 190 g/mol. The van der Waals surface area contributed by atoms with Crippen LogP contribution in [-0.2, 0) is 6.54 Å². The fourth-order valence-corrected chi connectivity index (χ4v) is 1.10. The maximum absolute atomic E-state index is 5.59. The Balaban J connectivity index is 2.12. The molecule has 82 valence electrons. The molecule has 5 heteroatoms. The molecule has 1 aromatic rings. The van der Waals surface area contributed by atoms with Gasteiger partial charge in [0.2, 0.25) is 0 Å². The molecule has 3 N–H and O–H groups in total. The zero-order valence-corrected chi connectivity index (χ0v) is 8.76. The predicted octanol–water partition coefficient (Wildman–Crippen LogP) is 0.363. The molecule has 0 radical (unpaired) electrons. The zero-order valence-electron chi connectivity index (χ0n) is 8.76. The molecule has 1 rings (SSSR count). The van der Waals surface area contributed by atoms with E-state index in [-0.39, 0.29) is 0 Å². The molecule has 0 aromatic carbocycles. The van der Waals surface area contributed by atoms with E-state index in [1.165, 1.54) is 0 Å². The number of guanidine groups is 1. The van der Waals surface area contributed by atoms with Crippen LogP contribution in [0.2, 0.25) is 0 Å². The Labute approximate surface area is 89.7 Å². The van der Waals surface area contributed by atoms with Crippen molar-refractivity contribution in [3.8, 4) is 0 Å². The molecule has 0 saturated heterocycles. The normalized spacial score (nSPS) is 11.3. The van der Waals surface area contributed by atoms with E-state index in [9.17, 15) is 0 Å². The van der Waals surface area contributed by atoms with Crippen LogP contribution in [-0.4, -0.2) is 28.8 Å². The molecule has 0 spiro atoms. The van der Waals surface area contributed by atoms with Crippen molar-refractivity contribution in [1.29, 1.82) is 0 Å². The van der Waals surface area contributed by atoms with Crippen LogP contribution in [0, 0.1) is 0 Å². The second-order valence-corrected chi connectivity index (χ2v) is 3.06. The van der Waals surface area contributed by atoms with Gasteiger partial charge in [0.15, 0.2) is 5.96 Å². The summed E-state index contributed by atoms with van der Waals surface area (Å²) in [5.41, 5.74) is 5.59. The zero-order chi connectivity index (χ0) is 10.9. The standard InChI is InChI=1S/C10H17N5/c1-2-5-12-10(11)13-6-3-8-15-9-4-7-14-15/h2,4,7,9H,1,3,5-6,8H2,(H3,11,12,13).